The fraction of sp³-hybridized carbons (Fsp3) is 0.429. The Hall–Kier alpha value is -1.92. The van der Waals surface area contributed by atoms with Crippen molar-refractivity contribution < 1.29 is 19.4 Å². The van der Waals surface area contributed by atoms with E-state index in [0.29, 0.717) is 29.1 Å². The van der Waals surface area contributed by atoms with E-state index in [4.69, 9.17) is 4.42 Å². The molecule has 0 saturated heterocycles. The van der Waals surface area contributed by atoms with Gasteiger partial charge in [0.25, 0.3) is 0 Å². The van der Waals surface area contributed by atoms with Gasteiger partial charge in [0.2, 0.25) is 5.91 Å². The van der Waals surface area contributed by atoms with Gasteiger partial charge in [-0.25, -0.2) is 4.98 Å². The van der Waals surface area contributed by atoms with Gasteiger partial charge in [-0.15, -0.1) is 0 Å². The maximum absolute atomic E-state index is 10.7. The molecule has 1 heterocycles. The average Bonchev–Trinajstić information content (AvgIpc) is 2.76. The number of aryl methyl sites for hydroxylation is 1. The number of aliphatic hydroxyl groups excluding tert-OH is 2. The highest BCUT2D eigenvalue weighted by atomic mass is 16.3. The Balaban J connectivity index is 2.05. The summed E-state index contributed by atoms with van der Waals surface area (Å²) in [6.07, 6.45) is -1.70. The highest BCUT2D eigenvalue weighted by molar-refractivity contribution is 5.73. The minimum Gasteiger partial charge on any atom is -0.441 e. The van der Waals surface area contributed by atoms with Gasteiger partial charge < -0.3 is 19.9 Å². The van der Waals surface area contributed by atoms with Crippen molar-refractivity contribution in [1.29, 1.82) is 0 Å². The molecule has 2 aromatic rings. The van der Waals surface area contributed by atoms with Crippen LogP contribution in [0.5, 0.6) is 0 Å². The van der Waals surface area contributed by atoms with Crippen LogP contribution in [-0.2, 0) is 4.79 Å². The van der Waals surface area contributed by atoms with Gasteiger partial charge in [0.1, 0.15) is 11.6 Å². The molecule has 1 aromatic heterocycles. The molecule has 3 N–H and O–H groups in total. The van der Waals surface area contributed by atoms with E-state index in [0.717, 1.165) is 0 Å². The zero-order valence-corrected chi connectivity index (χ0v) is 11.5. The Kier molecular flexibility index (Phi) is 4.36. The molecule has 1 aromatic carbocycles. The first-order chi connectivity index (χ1) is 9.47. The number of carbonyl (C=O) groups is 1. The van der Waals surface area contributed by atoms with Crippen molar-refractivity contribution in [3.8, 4) is 0 Å². The first-order valence-corrected chi connectivity index (χ1v) is 6.45. The third-order valence-electron chi connectivity index (χ3n) is 3.04. The summed E-state index contributed by atoms with van der Waals surface area (Å²) >= 11 is 0. The zero-order chi connectivity index (χ0) is 14.7. The van der Waals surface area contributed by atoms with Crippen LogP contribution in [0.3, 0.4) is 0 Å². The first kappa shape index (κ1) is 14.5. The molecular weight excluding hydrogens is 260 g/mol. The van der Waals surface area contributed by atoms with E-state index in [-0.39, 0.29) is 12.3 Å². The topological polar surface area (TPSA) is 95.6 Å². The minimum atomic E-state index is -1.02. The molecule has 0 radical (unpaired) electrons. The molecule has 2 atom stereocenters. The predicted molar refractivity (Wildman–Crippen MR) is 73.0 cm³/mol. The molecular formula is C14H18N2O4. The molecule has 0 aliphatic carbocycles. The Bertz CT molecular complexity index is 608. The number of fused-ring (bicyclic) bond motifs is 1. The van der Waals surface area contributed by atoms with E-state index in [1.165, 1.54) is 6.92 Å². The lowest BCUT2D eigenvalue weighted by molar-refractivity contribution is -0.119. The molecule has 6 nitrogen and oxygen atoms in total. The Morgan fingerprint density at radius 2 is 2.20 bits per heavy atom. The third kappa shape index (κ3) is 3.34. The molecule has 0 spiro atoms. The van der Waals surface area contributed by atoms with Crippen LogP contribution in [0.4, 0.5) is 0 Å². The van der Waals surface area contributed by atoms with E-state index in [1.54, 1.807) is 25.1 Å². The molecule has 0 aliphatic heterocycles. The van der Waals surface area contributed by atoms with E-state index >= 15 is 0 Å². The minimum absolute atomic E-state index is 0.161. The SMILES string of the molecule is CC(=O)NCCC(O)C(O)c1ccc2oc(C)nc2c1. The number of aliphatic hydroxyl groups is 2. The summed E-state index contributed by atoms with van der Waals surface area (Å²) in [5, 5.41) is 22.6. The highest BCUT2D eigenvalue weighted by Gasteiger charge is 2.19. The van der Waals surface area contributed by atoms with Crippen molar-refractivity contribution >= 4 is 17.0 Å². The number of amides is 1. The van der Waals surface area contributed by atoms with Crippen molar-refractivity contribution in [2.24, 2.45) is 0 Å². The lowest BCUT2D eigenvalue weighted by atomic mass is 10.0. The Morgan fingerprint density at radius 3 is 2.90 bits per heavy atom. The normalized spacial score (nSPS) is 14.2. The van der Waals surface area contributed by atoms with Crippen LogP contribution in [0, 0.1) is 6.92 Å². The van der Waals surface area contributed by atoms with Gasteiger partial charge in [0, 0.05) is 20.4 Å². The number of aromatic nitrogens is 1. The summed E-state index contributed by atoms with van der Waals surface area (Å²) in [6, 6.07) is 5.10. The van der Waals surface area contributed by atoms with E-state index < -0.39 is 12.2 Å². The maximum atomic E-state index is 10.7. The van der Waals surface area contributed by atoms with Crippen molar-refractivity contribution in [3.05, 3.63) is 29.7 Å². The summed E-state index contributed by atoms with van der Waals surface area (Å²) in [4.78, 5) is 14.9. The summed E-state index contributed by atoms with van der Waals surface area (Å²) in [5.74, 6) is 0.393. The number of carbonyl (C=O) groups excluding carboxylic acids is 1. The van der Waals surface area contributed by atoms with Gasteiger partial charge in [-0.05, 0) is 24.1 Å². The second-order valence-electron chi connectivity index (χ2n) is 4.74. The van der Waals surface area contributed by atoms with Gasteiger partial charge in [0.15, 0.2) is 11.5 Å². The van der Waals surface area contributed by atoms with Crippen molar-refractivity contribution in [1.82, 2.24) is 10.3 Å². The molecule has 0 aliphatic rings. The number of oxazole rings is 1. The van der Waals surface area contributed by atoms with Crippen molar-refractivity contribution in [2.75, 3.05) is 6.54 Å². The van der Waals surface area contributed by atoms with Gasteiger partial charge >= 0.3 is 0 Å². The van der Waals surface area contributed by atoms with Gasteiger partial charge in [-0.1, -0.05) is 6.07 Å². The summed E-state index contributed by atoms with van der Waals surface area (Å²) in [6.45, 7) is 3.47. The maximum Gasteiger partial charge on any atom is 0.216 e. The number of hydrogen-bond donors (Lipinski definition) is 3. The first-order valence-electron chi connectivity index (χ1n) is 6.45. The predicted octanol–water partition coefficient (Wildman–Crippen LogP) is 1.06. The Labute approximate surface area is 116 Å². The molecule has 1 amide bonds. The standard InChI is InChI=1S/C14H18N2O4/c1-8(17)15-6-5-12(18)14(19)10-3-4-13-11(7-10)16-9(2)20-13/h3-4,7,12,14,18-19H,5-6H2,1-2H3,(H,15,17). The zero-order valence-electron chi connectivity index (χ0n) is 11.5. The Morgan fingerprint density at radius 1 is 1.45 bits per heavy atom. The number of nitrogens with one attached hydrogen (secondary N) is 1. The number of benzene rings is 1. The van der Waals surface area contributed by atoms with Gasteiger partial charge in [-0.2, -0.15) is 0 Å². The fourth-order valence-electron chi connectivity index (χ4n) is 2.02. The van der Waals surface area contributed by atoms with E-state index in [9.17, 15) is 15.0 Å². The number of hydrogen-bond acceptors (Lipinski definition) is 5. The van der Waals surface area contributed by atoms with E-state index in [2.05, 4.69) is 10.3 Å². The molecule has 20 heavy (non-hydrogen) atoms. The average molecular weight is 278 g/mol. The largest absolute Gasteiger partial charge is 0.441 e. The van der Waals surface area contributed by atoms with E-state index in [1.807, 2.05) is 0 Å². The molecule has 2 unspecified atom stereocenters. The van der Waals surface area contributed by atoms with Crippen molar-refractivity contribution in [2.45, 2.75) is 32.5 Å². The third-order valence-corrected chi connectivity index (χ3v) is 3.04. The van der Waals surface area contributed by atoms with Crippen LogP contribution >= 0.6 is 0 Å². The molecule has 0 saturated carbocycles. The molecule has 0 fully saturated rings. The van der Waals surface area contributed by atoms with Crippen LogP contribution in [0.15, 0.2) is 22.6 Å². The quantitative estimate of drug-likeness (QED) is 0.760. The molecule has 0 bridgehead atoms. The molecule has 2 rings (SSSR count). The summed E-state index contributed by atoms with van der Waals surface area (Å²) < 4.78 is 5.35. The van der Waals surface area contributed by atoms with Crippen LogP contribution in [0.25, 0.3) is 11.1 Å². The lowest BCUT2D eigenvalue weighted by Crippen LogP contribution is -2.27. The monoisotopic (exact) mass is 278 g/mol. The fourth-order valence-corrected chi connectivity index (χ4v) is 2.02. The van der Waals surface area contributed by atoms with Crippen molar-refractivity contribution in [3.63, 3.8) is 0 Å². The number of nitrogens with zero attached hydrogens (tertiary/aromatic N) is 1. The second kappa shape index (κ2) is 6.02. The van der Waals surface area contributed by atoms with Crippen LogP contribution in [-0.4, -0.2) is 33.8 Å². The van der Waals surface area contributed by atoms with Crippen LogP contribution in [0.1, 0.15) is 30.9 Å². The van der Waals surface area contributed by atoms with Crippen LogP contribution < -0.4 is 5.32 Å². The second-order valence-corrected chi connectivity index (χ2v) is 4.74. The summed E-state index contributed by atoms with van der Waals surface area (Å²) in [7, 11) is 0. The molecule has 108 valence electrons. The summed E-state index contributed by atoms with van der Waals surface area (Å²) in [5.41, 5.74) is 1.86. The molecule has 6 heteroatoms. The lowest BCUT2D eigenvalue weighted by Gasteiger charge is -2.18. The van der Waals surface area contributed by atoms with Gasteiger partial charge in [-0.3, -0.25) is 4.79 Å². The van der Waals surface area contributed by atoms with Gasteiger partial charge in [0.05, 0.1) is 6.10 Å². The highest BCUT2D eigenvalue weighted by Crippen LogP contribution is 2.23. The smallest absolute Gasteiger partial charge is 0.216 e. The van der Waals surface area contributed by atoms with Crippen LogP contribution in [0.2, 0.25) is 0 Å². The number of rotatable bonds is 5.